The van der Waals surface area contributed by atoms with E-state index in [1.807, 2.05) is 31.2 Å². The van der Waals surface area contributed by atoms with E-state index in [1.54, 1.807) is 12.1 Å². The molecule has 4 heteroatoms. The van der Waals surface area contributed by atoms with Crippen LogP contribution in [0.2, 0.25) is 0 Å². The van der Waals surface area contributed by atoms with Crippen molar-refractivity contribution in [2.24, 2.45) is 0 Å². The second-order valence-electron chi connectivity index (χ2n) is 4.93. The van der Waals surface area contributed by atoms with Gasteiger partial charge in [0.15, 0.2) is 0 Å². The third kappa shape index (κ3) is 5.00. The Bertz CT molecular complexity index is 596. The van der Waals surface area contributed by atoms with Gasteiger partial charge in [-0.2, -0.15) is 0 Å². The standard InChI is InChI=1S/C17H19FN2O/c1-13-4-2-3-5-15(13)11-20-17(21)12-19-10-14-6-8-16(18)9-7-14/h2-9,19H,10-12H2,1H3,(H,20,21). The number of carbonyl (C=O) groups is 1. The number of halogens is 1. The summed E-state index contributed by atoms with van der Waals surface area (Å²) in [7, 11) is 0. The summed E-state index contributed by atoms with van der Waals surface area (Å²) in [5.41, 5.74) is 3.23. The number of aryl methyl sites for hydroxylation is 1. The molecule has 2 rings (SSSR count). The van der Waals surface area contributed by atoms with E-state index in [9.17, 15) is 9.18 Å². The van der Waals surface area contributed by atoms with Gasteiger partial charge in [-0.25, -0.2) is 4.39 Å². The fourth-order valence-electron chi connectivity index (χ4n) is 1.99. The second-order valence-corrected chi connectivity index (χ2v) is 4.93. The van der Waals surface area contributed by atoms with Crippen molar-refractivity contribution in [3.05, 3.63) is 71.0 Å². The summed E-state index contributed by atoms with van der Waals surface area (Å²) in [6, 6.07) is 14.2. The van der Waals surface area contributed by atoms with Crippen LogP contribution in [0.5, 0.6) is 0 Å². The lowest BCUT2D eigenvalue weighted by Crippen LogP contribution is -2.33. The molecule has 0 aliphatic heterocycles. The Balaban J connectivity index is 1.70. The fourth-order valence-corrected chi connectivity index (χ4v) is 1.99. The van der Waals surface area contributed by atoms with Crippen LogP contribution in [0, 0.1) is 12.7 Å². The van der Waals surface area contributed by atoms with Gasteiger partial charge in [0.25, 0.3) is 0 Å². The third-order valence-electron chi connectivity index (χ3n) is 3.27. The highest BCUT2D eigenvalue weighted by Gasteiger charge is 2.02. The second kappa shape index (κ2) is 7.55. The number of hydrogen-bond donors (Lipinski definition) is 2. The van der Waals surface area contributed by atoms with Crippen LogP contribution in [-0.2, 0) is 17.9 Å². The molecule has 2 aromatic carbocycles. The van der Waals surface area contributed by atoms with Crippen LogP contribution >= 0.6 is 0 Å². The minimum atomic E-state index is -0.255. The Morgan fingerprint density at radius 3 is 2.48 bits per heavy atom. The molecule has 0 unspecified atom stereocenters. The van der Waals surface area contributed by atoms with E-state index in [2.05, 4.69) is 10.6 Å². The molecular formula is C17H19FN2O. The van der Waals surface area contributed by atoms with Crippen LogP contribution in [-0.4, -0.2) is 12.5 Å². The summed E-state index contributed by atoms with van der Waals surface area (Å²) in [5.74, 6) is -0.310. The first-order valence-electron chi connectivity index (χ1n) is 6.91. The molecule has 0 atom stereocenters. The first-order valence-corrected chi connectivity index (χ1v) is 6.91. The maximum Gasteiger partial charge on any atom is 0.234 e. The number of carbonyl (C=O) groups excluding carboxylic acids is 1. The Kier molecular flexibility index (Phi) is 5.46. The molecule has 0 fully saturated rings. The minimum absolute atomic E-state index is 0.0552. The van der Waals surface area contributed by atoms with Crippen LogP contribution in [0.1, 0.15) is 16.7 Å². The Labute approximate surface area is 124 Å². The van der Waals surface area contributed by atoms with Gasteiger partial charge >= 0.3 is 0 Å². The molecule has 2 N–H and O–H groups in total. The summed E-state index contributed by atoms with van der Waals surface area (Å²) in [4.78, 5) is 11.7. The van der Waals surface area contributed by atoms with Crippen molar-refractivity contribution in [2.45, 2.75) is 20.0 Å². The zero-order valence-corrected chi connectivity index (χ0v) is 12.0. The molecule has 110 valence electrons. The quantitative estimate of drug-likeness (QED) is 0.857. The monoisotopic (exact) mass is 286 g/mol. The van der Waals surface area contributed by atoms with Crippen LogP contribution in [0.3, 0.4) is 0 Å². The van der Waals surface area contributed by atoms with Crippen molar-refractivity contribution in [1.82, 2.24) is 10.6 Å². The maximum atomic E-state index is 12.7. The average molecular weight is 286 g/mol. The van der Waals surface area contributed by atoms with E-state index >= 15 is 0 Å². The molecule has 21 heavy (non-hydrogen) atoms. The van der Waals surface area contributed by atoms with Gasteiger partial charge in [0.05, 0.1) is 6.54 Å². The molecule has 0 bridgehead atoms. The summed E-state index contributed by atoms with van der Waals surface area (Å²) in [6.07, 6.45) is 0. The van der Waals surface area contributed by atoms with Crippen LogP contribution in [0.4, 0.5) is 4.39 Å². The van der Waals surface area contributed by atoms with E-state index in [1.165, 1.54) is 12.1 Å². The van der Waals surface area contributed by atoms with E-state index < -0.39 is 0 Å². The summed E-state index contributed by atoms with van der Waals surface area (Å²) in [6.45, 7) is 3.33. The van der Waals surface area contributed by atoms with Gasteiger partial charge in [-0.1, -0.05) is 36.4 Å². The summed E-state index contributed by atoms with van der Waals surface area (Å²) < 4.78 is 12.7. The number of hydrogen-bond acceptors (Lipinski definition) is 2. The van der Waals surface area contributed by atoms with Gasteiger partial charge in [0.2, 0.25) is 5.91 Å². The highest BCUT2D eigenvalue weighted by atomic mass is 19.1. The molecule has 0 spiro atoms. The normalized spacial score (nSPS) is 10.4. The topological polar surface area (TPSA) is 41.1 Å². The highest BCUT2D eigenvalue weighted by molar-refractivity contribution is 5.78. The van der Waals surface area contributed by atoms with Gasteiger partial charge in [-0.15, -0.1) is 0 Å². The van der Waals surface area contributed by atoms with E-state index in [4.69, 9.17) is 0 Å². The predicted molar refractivity (Wildman–Crippen MR) is 81.1 cm³/mol. The molecule has 0 aromatic heterocycles. The highest BCUT2D eigenvalue weighted by Crippen LogP contribution is 2.06. The van der Waals surface area contributed by atoms with Crippen molar-refractivity contribution >= 4 is 5.91 Å². The van der Waals surface area contributed by atoms with Crippen LogP contribution < -0.4 is 10.6 Å². The predicted octanol–water partition coefficient (Wildman–Crippen LogP) is 2.54. The molecule has 1 amide bonds. The largest absolute Gasteiger partial charge is 0.351 e. The number of benzene rings is 2. The lowest BCUT2D eigenvalue weighted by atomic mass is 10.1. The van der Waals surface area contributed by atoms with Crippen LogP contribution in [0.15, 0.2) is 48.5 Å². The van der Waals surface area contributed by atoms with Crippen molar-refractivity contribution in [3.63, 3.8) is 0 Å². The average Bonchev–Trinajstić information content (AvgIpc) is 2.48. The number of rotatable bonds is 6. The Hall–Kier alpha value is -2.20. The molecular weight excluding hydrogens is 267 g/mol. The molecule has 0 aliphatic rings. The molecule has 0 saturated carbocycles. The van der Waals surface area contributed by atoms with Gasteiger partial charge in [0.1, 0.15) is 5.82 Å². The zero-order chi connectivity index (χ0) is 15.1. The van der Waals surface area contributed by atoms with E-state index in [0.717, 1.165) is 16.7 Å². The molecule has 3 nitrogen and oxygen atoms in total. The van der Waals surface area contributed by atoms with Crippen molar-refractivity contribution in [3.8, 4) is 0 Å². The van der Waals surface area contributed by atoms with Gasteiger partial charge in [-0.05, 0) is 35.7 Å². The Morgan fingerprint density at radius 2 is 1.76 bits per heavy atom. The number of amides is 1. The lowest BCUT2D eigenvalue weighted by Gasteiger charge is -2.09. The van der Waals surface area contributed by atoms with Crippen molar-refractivity contribution in [2.75, 3.05) is 6.54 Å². The molecule has 2 aromatic rings. The molecule has 0 aliphatic carbocycles. The van der Waals surface area contributed by atoms with Gasteiger partial charge in [0, 0.05) is 13.1 Å². The smallest absolute Gasteiger partial charge is 0.234 e. The molecule has 0 saturated heterocycles. The fraction of sp³-hybridized carbons (Fsp3) is 0.235. The van der Waals surface area contributed by atoms with Gasteiger partial charge < -0.3 is 10.6 Å². The van der Waals surface area contributed by atoms with Crippen molar-refractivity contribution in [1.29, 1.82) is 0 Å². The van der Waals surface area contributed by atoms with Crippen LogP contribution in [0.25, 0.3) is 0 Å². The minimum Gasteiger partial charge on any atom is -0.351 e. The first kappa shape index (κ1) is 15.2. The Morgan fingerprint density at radius 1 is 1.05 bits per heavy atom. The van der Waals surface area contributed by atoms with E-state index in [0.29, 0.717) is 13.1 Å². The summed E-state index contributed by atoms with van der Waals surface area (Å²) >= 11 is 0. The number of nitrogens with one attached hydrogen (secondary N) is 2. The molecule has 0 radical (unpaired) electrons. The third-order valence-corrected chi connectivity index (χ3v) is 3.27. The first-order chi connectivity index (χ1) is 10.1. The van der Waals surface area contributed by atoms with E-state index in [-0.39, 0.29) is 18.3 Å². The maximum absolute atomic E-state index is 12.7. The van der Waals surface area contributed by atoms with Crippen molar-refractivity contribution < 1.29 is 9.18 Å². The summed E-state index contributed by atoms with van der Waals surface area (Å²) in [5, 5.41) is 5.91. The zero-order valence-electron chi connectivity index (χ0n) is 12.0. The lowest BCUT2D eigenvalue weighted by molar-refractivity contribution is -0.120. The molecule has 0 heterocycles. The SMILES string of the molecule is Cc1ccccc1CNC(=O)CNCc1ccc(F)cc1. The van der Waals surface area contributed by atoms with Gasteiger partial charge in [-0.3, -0.25) is 4.79 Å².